The van der Waals surface area contributed by atoms with E-state index in [1.54, 1.807) is 13.2 Å². The van der Waals surface area contributed by atoms with E-state index in [9.17, 15) is 9.50 Å². The quantitative estimate of drug-likeness (QED) is 0.892. The molecule has 0 saturated heterocycles. The van der Waals surface area contributed by atoms with Crippen molar-refractivity contribution in [1.29, 1.82) is 0 Å². The van der Waals surface area contributed by atoms with Crippen LogP contribution < -0.4 is 0 Å². The summed E-state index contributed by atoms with van der Waals surface area (Å²) >= 11 is 1.15. The van der Waals surface area contributed by atoms with Crippen LogP contribution in [0.2, 0.25) is 0 Å². The second-order valence-electron chi connectivity index (χ2n) is 6.29. The Morgan fingerprint density at radius 1 is 1.42 bits per heavy atom. The van der Waals surface area contributed by atoms with E-state index in [1.165, 1.54) is 6.07 Å². The van der Waals surface area contributed by atoms with Gasteiger partial charge in [-0.3, -0.25) is 0 Å². The van der Waals surface area contributed by atoms with Crippen molar-refractivity contribution in [3.05, 3.63) is 46.3 Å². The fourth-order valence-electron chi connectivity index (χ4n) is 3.19. The number of aromatic nitrogens is 2. The maximum Gasteiger partial charge on any atom is 0.244 e. The second kappa shape index (κ2) is 6.27. The van der Waals surface area contributed by atoms with Crippen LogP contribution in [0.25, 0.3) is 0 Å². The Bertz CT molecular complexity index is 739. The molecule has 0 amide bonds. The highest BCUT2D eigenvalue weighted by atomic mass is 32.1. The van der Waals surface area contributed by atoms with E-state index >= 15 is 0 Å². The predicted octanol–water partition coefficient (Wildman–Crippen LogP) is 3.15. The lowest BCUT2D eigenvalue weighted by atomic mass is 9.77. The van der Waals surface area contributed by atoms with E-state index in [0.717, 1.165) is 29.1 Å². The van der Waals surface area contributed by atoms with Gasteiger partial charge >= 0.3 is 0 Å². The maximum absolute atomic E-state index is 13.3. The van der Waals surface area contributed by atoms with Gasteiger partial charge in [0.1, 0.15) is 18.4 Å². The third kappa shape index (κ3) is 2.97. The molecule has 2 aromatic rings. The van der Waals surface area contributed by atoms with Crippen molar-refractivity contribution in [3.63, 3.8) is 0 Å². The summed E-state index contributed by atoms with van der Waals surface area (Å²) in [5.74, 6) is 1.27. The molecule has 1 N–H and O–H groups in total. The minimum absolute atomic E-state index is 0.0179. The molecule has 3 heterocycles. The van der Waals surface area contributed by atoms with Crippen LogP contribution in [0.1, 0.15) is 48.6 Å². The molecular weight excluding hydrogens is 333 g/mol. The molecule has 1 fully saturated rings. The summed E-state index contributed by atoms with van der Waals surface area (Å²) in [6, 6.07) is 3.57. The highest BCUT2D eigenvalue weighted by Crippen LogP contribution is 2.42. The average molecular weight is 351 g/mol. The Balaban J connectivity index is 1.33. The van der Waals surface area contributed by atoms with E-state index < -0.39 is 6.10 Å². The molecule has 0 aromatic carbocycles. The van der Waals surface area contributed by atoms with E-state index in [1.807, 2.05) is 17.2 Å². The molecule has 2 aliphatic rings. The van der Waals surface area contributed by atoms with E-state index in [0.29, 0.717) is 24.3 Å². The van der Waals surface area contributed by atoms with Gasteiger partial charge in [-0.05, 0) is 43.9 Å². The zero-order valence-corrected chi connectivity index (χ0v) is 13.9. The van der Waals surface area contributed by atoms with Gasteiger partial charge in [0.15, 0.2) is 5.13 Å². The fraction of sp³-hybridized carbons (Fsp3) is 0.500. The molecule has 2 aromatic heterocycles. The van der Waals surface area contributed by atoms with Crippen molar-refractivity contribution >= 4 is 11.3 Å². The summed E-state index contributed by atoms with van der Waals surface area (Å²) in [5.41, 5.74) is 0. The lowest BCUT2D eigenvalue weighted by molar-refractivity contribution is -0.168. The zero-order chi connectivity index (χ0) is 16.7. The molecule has 0 spiro atoms. The molecule has 4 rings (SSSR count). The molecule has 1 aliphatic heterocycles. The van der Waals surface area contributed by atoms with Crippen LogP contribution in [0.3, 0.4) is 0 Å². The van der Waals surface area contributed by atoms with Crippen LogP contribution in [0.5, 0.6) is 0 Å². The first-order valence-electron chi connectivity index (χ1n) is 7.97. The minimum atomic E-state index is -0.739. The smallest absolute Gasteiger partial charge is 0.244 e. The van der Waals surface area contributed by atoms with Gasteiger partial charge in [0.25, 0.3) is 0 Å². The molecule has 1 aliphatic carbocycles. The fourth-order valence-corrected chi connectivity index (χ4v) is 3.99. The average Bonchev–Trinajstić information content (AvgIpc) is 3.22. The number of aliphatic hydroxyl groups is 1. The first kappa shape index (κ1) is 15.7. The summed E-state index contributed by atoms with van der Waals surface area (Å²) in [6.45, 7) is 1.60. The molecule has 6 nitrogen and oxygen atoms in total. The molecule has 1 saturated carbocycles. The molecule has 0 radical (unpaired) electrons. The van der Waals surface area contributed by atoms with Crippen molar-refractivity contribution in [2.24, 2.45) is 5.92 Å². The van der Waals surface area contributed by atoms with Crippen LogP contribution in [-0.2, 0) is 11.3 Å². The second-order valence-corrected chi connectivity index (χ2v) is 7.35. The van der Waals surface area contributed by atoms with Gasteiger partial charge in [-0.15, -0.1) is 26.6 Å². The summed E-state index contributed by atoms with van der Waals surface area (Å²) in [4.78, 5) is 6.57. The number of aliphatic hydroxyl groups excluding tert-OH is 1. The Hall–Kier alpha value is -1.77. The lowest BCUT2D eigenvalue weighted by Gasteiger charge is -2.41. The van der Waals surface area contributed by atoms with Crippen LogP contribution in [0.4, 0.5) is 4.39 Å². The minimum Gasteiger partial charge on any atom is -0.422 e. The van der Waals surface area contributed by atoms with Gasteiger partial charge in [0, 0.05) is 17.3 Å². The molecule has 0 bridgehead atoms. The topological polar surface area (TPSA) is 71.6 Å². The van der Waals surface area contributed by atoms with Crippen molar-refractivity contribution in [3.8, 4) is 0 Å². The van der Waals surface area contributed by atoms with Gasteiger partial charge < -0.3 is 14.4 Å². The first-order valence-corrected chi connectivity index (χ1v) is 8.79. The van der Waals surface area contributed by atoms with E-state index in [-0.39, 0.29) is 17.1 Å². The van der Waals surface area contributed by atoms with Crippen LogP contribution in [0.15, 0.2) is 28.9 Å². The number of hydrogen-bond donors (Lipinski definition) is 1. The lowest BCUT2D eigenvalue weighted by Crippen LogP contribution is -2.44. The number of hydroxylamine groups is 2. The predicted molar refractivity (Wildman–Crippen MR) is 84.2 cm³/mol. The Morgan fingerprint density at radius 3 is 2.92 bits per heavy atom. The molecule has 128 valence electrons. The van der Waals surface area contributed by atoms with Gasteiger partial charge in [-0.2, -0.15) is 4.39 Å². The van der Waals surface area contributed by atoms with Gasteiger partial charge in [0.2, 0.25) is 11.8 Å². The largest absolute Gasteiger partial charge is 0.422 e. The van der Waals surface area contributed by atoms with Crippen molar-refractivity contribution < 1.29 is 18.8 Å². The van der Waals surface area contributed by atoms with Gasteiger partial charge in [-0.25, -0.2) is 0 Å². The van der Waals surface area contributed by atoms with E-state index in [2.05, 4.69) is 10.2 Å². The van der Waals surface area contributed by atoms with Crippen LogP contribution >= 0.6 is 11.3 Å². The standard InChI is InChI=1S/C16H18FN3O3S/c1-9(21)16-19-18-15(23-16)8-10-6-11(7-10)20-12(4-5-22-20)13-2-3-14(17)24-13/h2-5,9-12,21H,6-8H2,1H3/t9-,10?,11?,12?/m1/s1. The van der Waals surface area contributed by atoms with Crippen molar-refractivity contribution in [2.45, 2.75) is 44.4 Å². The van der Waals surface area contributed by atoms with Gasteiger partial charge in [0.05, 0.1) is 0 Å². The number of thiophene rings is 1. The third-order valence-corrected chi connectivity index (χ3v) is 5.42. The zero-order valence-electron chi connectivity index (χ0n) is 13.1. The molecule has 1 unspecified atom stereocenters. The Morgan fingerprint density at radius 2 is 2.25 bits per heavy atom. The van der Waals surface area contributed by atoms with Crippen LogP contribution in [-0.4, -0.2) is 26.4 Å². The van der Waals surface area contributed by atoms with Crippen molar-refractivity contribution in [1.82, 2.24) is 15.3 Å². The number of hydrogen-bond acceptors (Lipinski definition) is 7. The Kier molecular flexibility index (Phi) is 4.11. The van der Waals surface area contributed by atoms with E-state index in [4.69, 9.17) is 9.25 Å². The summed E-state index contributed by atoms with van der Waals surface area (Å²) in [5, 5.41) is 19.0. The summed E-state index contributed by atoms with van der Waals surface area (Å²) in [7, 11) is 0. The number of nitrogens with zero attached hydrogens (tertiary/aromatic N) is 3. The highest BCUT2D eigenvalue weighted by molar-refractivity contribution is 7.10. The van der Waals surface area contributed by atoms with Crippen LogP contribution in [0, 0.1) is 11.0 Å². The highest BCUT2D eigenvalue weighted by Gasteiger charge is 2.40. The Labute approximate surface area is 142 Å². The maximum atomic E-state index is 13.3. The molecule has 24 heavy (non-hydrogen) atoms. The molecule has 8 heteroatoms. The van der Waals surface area contributed by atoms with Crippen molar-refractivity contribution in [2.75, 3.05) is 0 Å². The first-order chi connectivity index (χ1) is 11.6. The molecule has 2 atom stereocenters. The molecular formula is C16H18FN3O3S. The SMILES string of the molecule is C[C@@H](O)c1nnc(CC2CC(N3OC=CC3c3ccc(F)s3)C2)o1. The summed E-state index contributed by atoms with van der Waals surface area (Å²) < 4.78 is 18.7. The van der Waals surface area contributed by atoms with Gasteiger partial charge in [-0.1, -0.05) is 0 Å². The normalized spacial score (nSPS) is 27.9. The monoisotopic (exact) mass is 351 g/mol. The summed E-state index contributed by atoms with van der Waals surface area (Å²) in [6.07, 6.45) is 5.50. The third-order valence-electron chi connectivity index (χ3n) is 4.48. The number of rotatable bonds is 5. The number of halogens is 1.